The lowest BCUT2D eigenvalue weighted by Gasteiger charge is -2.19. The molecule has 0 aliphatic rings. The van der Waals surface area contributed by atoms with Gasteiger partial charge in [0.15, 0.2) is 0 Å². The van der Waals surface area contributed by atoms with Crippen LogP contribution in [0.3, 0.4) is 0 Å². The highest BCUT2D eigenvalue weighted by atomic mass is 35.5. The summed E-state index contributed by atoms with van der Waals surface area (Å²) in [4.78, 5) is 0. The molecule has 0 aromatic heterocycles. The molecule has 0 aliphatic heterocycles. The zero-order valence-corrected chi connectivity index (χ0v) is 13.5. The van der Waals surface area contributed by atoms with E-state index in [-0.39, 0.29) is 6.04 Å². The Balaban J connectivity index is 2.50. The minimum absolute atomic E-state index is 0.191. The molecular weight excluding hydrogens is 286 g/mol. The minimum Gasteiger partial charge on any atom is -0.496 e. The number of methoxy groups -OCH3 is 1. The molecule has 112 valence electrons. The fourth-order valence-corrected chi connectivity index (χ4v) is 2.74. The molecule has 0 amide bonds. The lowest BCUT2D eigenvalue weighted by Crippen LogP contribution is -2.09. The first-order valence-corrected chi connectivity index (χ1v) is 7.19. The van der Waals surface area contributed by atoms with Crippen molar-refractivity contribution in [3.8, 4) is 17.2 Å². The molecule has 0 heterocycles. The zero-order chi connectivity index (χ0) is 15.6. The van der Waals surface area contributed by atoms with Crippen LogP contribution in [0.25, 0.3) is 0 Å². The second kappa shape index (κ2) is 6.37. The topological polar surface area (TPSA) is 44.5 Å². The van der Waals surface area contributed by atoms with Crippen LogP contribution in [0.15, 0.2) is 30.3 Å². The van der Waals surface area contributed by atoms with Gasteiger partial charge in [0.05, 0.1) is 12.7 Å². The van der Waals surface area contributed by atoms with Crippen LogP contribution in [0.5, 0.6) is 17.2 Å². The van der Waals surface area contributed by atoms with E-state index in [1.54, 1.807) is 7.11 Å². The van der Waals surface area contributed by atoms with Gasteiger partial charge in [-0.3, -0.25) is 0 Å². The first-order chi connectivity index (χ1) is 9.93. The van der Waals surface area contributed by atoms with Crippen molar-refractivity contribution in [2.75, 3.05) is 7.11 Å². The van der Waals surface area contributed by atoms with Crippen LogP contribution in [0.2, 0.25) is 5.02 Å². The molecule has 0 radical (unpaired) electrons. The van der Waals surface area contributed by atoms with Crippen molar-refractivity contribution in [3.63, 3.8) is 0 Å². The smallest absolute Gasteiger partial charge is 0.135 e. The lowest BCUT2D eigenvalue weighted by molar-refractivity contribution is 0.397. The van der Waals surface area contributed by atoms with Gasteiger partial charge in [-0.2, -0.15) is 0 Å². The van der Waals surface area contributed by atoms with Crippen LogP contribution in [-0.2, 0) is 0 Å². The first-order valence-electron chi connectivity index (χ1n) is 6.81. The predicted octanol–water partition coefficient (Wildman–Crippen LogP) is 4.78. The Labute approximate surface area is 130 Å². The number of hydrogen-bond acceptors (Lipinski definition) is 3. The molecule has 1 atom stereocenters. The third kappa shape index (κ3) is 3.31. The molecule has 1 unspecified atom stereocenters. The van der Waals surface area contributed by atoms with Crippen molar-refractivity contribution < 1.29 is 9.47 Å². The van der Waals surface area contributed by atoms with E-state index in [0.29, 0.717) is 10.8 Å². The normalized spacial score (nSPS) is 12.1. The lowest BCUT2D eigenvalue weighted by atomic mass is 10.1. The van der Waals surface area contributed by atoms with E-state index < -0.39 is 0 Å². The average molecular weight is 306 g/mol. The molecule has 0 spiro atoms. The van der Waals surface area contributed by atoms with E-state index in [0.717, 1.165) is 28.2 Å². The summed E-state index contributed by atoms with van der Waals surface area (Å²) in [6, 6.07) is 9.25. The van der Waals surface area contributed by atoms with Crippen LogP contribution in [0.1, 0.15) is 29.7 Å². The van der Waals surface area contributed by atoms with Gasteiger partial charge in [-0.25, -0.2) is 0 Å². The maximum Gasteiger partial charge on any atom is 0.135 e. The SMILES string of the molecule is COc1cccc(Oc2c(C)cc(Cl)cc2C)c1C(C)N. The second-order valence-electron chi connectivity index (χ2n) is 5.13. The van der Waals surface area contributed by atoms with E-state index in [1.165, 1.54) is 0 Å². The number of aryl methyl sites for hydroxylation is 2. The minimum atomic E-state index is -0.191. The van der Waals surface area contributed by atoms with Gasteiger partial charge in [0, 0.05) is 11.1 Å². The van der Waals surface area contributed by atoms with Crippen LogP contribution < -0.4 is 15.2 Å². The Hall–Kier alpha value is -1.71. The molecular formula is C17H20ClNO2. The number of rotatable bonds is 4. The van der Waals surface area contributed by atoms with Crippen molar-refractivity contribution >= 4 is 11.6 Å². The average Bonchev–Trinajstić information content (AvgIpc) is 2.42. The molecule has 2 rings (SSSR count). The van der Waals surface area contributed by atoms with E-state index in [2.05, 4.69) is 0 Å². The fourth-order valence-electron chi connectivity index (χ4n) is 2.41. The second-order valence-corrected chi connectivity index (χ2v) is 5.57. The van der Waals surface area contributed by atoms with Crippen molar-refractivity contribution in [2.45, 2.75) is 26.8 Å². The van der Waals surface area contributed by atoms with Gasteiger partial charge in [0.25, 0.3) is 0 Å². The Morgan fingerprint density at radius 2 is 1.67 bits per heavy atom. The highest BCUT2D eigenvalue weighted by Crippen LogP contribution is 2.38. The van der Waals surface area contributed by atoms with Crippen LogP contribution >= 0.6 is 11.6 Å². The van der Waals surface area contributed by atoms with Gasteiger partial charge in [-0.05, 0) is 56.2 Å². The fraction of sp³-hybridized carbons (Fsp3) is 0.294. The highest BCUT2D eigenvalue weighted by Gasteiger charge is 2.16. The van der Waals surface area contributed by atoms with E-state index >= 15 is 0 Å². The molecule has 21 heavy (non-hydrogen) atoms. The third-order valence-electron chi connectivity index (χ3n) is 3.34. The first kappa shape index (κ1) is 15.7. The van der Waals surface area contributed by atoms with Crippen LogP contribution in [0.4, 0.5) is 0 Å². The number of halogens is 1. The summed E-state index contributed by atoms with van der Waals surface area (Å²) in [5, 5.41) is 0.704. The predicted molar refractivity (Wildman–Crippen MR) is 86.6 cm³/mol. The molecule has 0 fully saturated rings. The van der Waals surface area contributed by atoms with Crippen molar-refractivity contribution in [3.05, 3.63) is 52.0 Å². The Morgan fingerprint density at radius 1 is 1.10 bits per heavy atom. The van der Waals surface area contributed by atoms with E-state index in [1.807, 2.05) is 51.1 Å². The quantitative estimate of drug-likeness (QED) is 0.884. The van der Waals surface area contributed by atoms with Gasteiger partial charge in [-0.15, -0.1) is 0 Å². The van der Waals surface area contributed by atoms with Gasteiger partial charge in [0.1, 0.15) is 17.2 Å². The monoisotopic (exact) mass is 305 g/mol. The molecule has 2 aromatic carbocycles. The van der Waals surface area contributed by atoms with Gasteiger partial charge in [0.2, 0.25) is 0 Å². The van der Waals surface area contributed by atoms with Gasteiger partial charge >= 0.3 is 0 Å². The maximum atomic E-state index is 6.11. The van der Waals surface area contributed by atoms with Crippen LogP contribution in [-0.4, -0.2) is 7.11 Å². The van der Waals surface area contributed by atoms with E-state index in [4.69, 9.17) is 26.8 Å². The number of hydrogen-bond donors (Lipinski definition) is 1. The summed E-state index contributed by atoms with van der Waals surface area (Å²) >= 11 is 6.06. The standard InChI is InChI=1S/C17H20ClNO2/c1-10-8-13(18)9-11(2)17(10)21-15-7-5-6-14(20-4)16(15)12(3)19/h5-9,12H,19H2,1-4H3. The van der Waals surface area contributed by atoms with E-state index in [9.17, 15) is 0 Å². The Morgan fingerprint density at radius 3 is 2.19 bits per heavy atom. The van der Waals surface area contributed by atoms with Crippen LogP contribution in [0, 0.1) is 13.8 Å². The molecule has 0 bridgehead atoms. The molecule has 0 saturated heterocycles. The highest BCUT2D eigenvalue weighted by molar-refractivity contribution is 6.30. The molecule has 2 aromatic rings. The van der Waals surface area contributed by atoms with Crippen molar-refractivity contribution in [1.82, 2.24) is 0 Å². The summed E-state index contributed by atoms with van der Waals surface area (Å²) in [5.41, 5.74) is 8.89. The number of benzene rings is 2. The third-order valence-corrected chi connectivity index (χ3v) is 3.56. The summed E-state index contributed by atoms with van der Waals surface area (Å²) in [6.07, 6.45) is 0. The molecule has 2 N–H and O–H groups in total. The number of ether oxygens (including phenoxy) is 2. The largest absolute Gasteiger partial charge is 0.496 e. The molecule has 0 aliphatic carbocycles. The van der Waals surface area contributed by atoms with Gasteiger partial charge < -0.3 is 15.2 Å². The summed E-state index contributed by atoms with van der Waals surface area (Å²) < 4.78 is 11.5. The van der Waals surface area contributed by atoms with Gasteiger partial charge in [-0.1, -0.05) is 17.7 Å². The Kier molecular flexibility index (Phi) is 4.76. The molecule has 0 saturated carbocycles. The summed E-state index contributed by atoms with van der Waals surface area (Å²) in [7, 11) is 1.63. The summed E-state index contributed by atoms with van der Waals surface area (Å²) in [6.45, 7) is 5.85. The van der Waals surface area contributed by atoms with Crippen molar-refractivity contribution in [1.29, 1.82) is 0 Å². The molecule has 4 heteroatoms. The Bertz CT molecular complexity index is 630. The number of nitrogens with two attached hydrogens (primary N) is 1. The molecule has 3 nitrogen and oxygen atoms in total. The van der Waals surface area contributed by atoms with Crippen molar-refractivity contribution in [2.24, 2.45) is 5.73 Å². The maximum absolute atomic E-state index is 6.11. The summed E-state index contributed by atoms with van der Waals surface area (Å²) in [5.74, 6) is 2.24. The zero-order valence-electron chi connectivity index (χ0n) is 12.7.